The van der Waals surface area contributed by atoms with Crippen molar-refractivity contribution in [1.82, 2.24) is 9.97 Å². The normalized spacial score (nSPS) is 11.8. The monoisotopic (exact) mass is 445 g/mol. The van der Waals surface area contributed by atoms with E-state index in [4.69, 9.17) is 14.8 Å². The zero-order chi connectivity index (χ0) is 22.5. The van der Waals surface area contributed by atoms with Crippen LogP contribution in [0.5, 0.6) is 0 Å². The molecule has 3 aromatic heterocycles. The van der Waals surface area contributed by atoms with Gasteiger partial charge in [-0.2, -0.15) is 0 Å². The zero-order valence-electron chi connectivity index (χ0n) is 17.8. The quantitative estimate of drug-likeness (QED) is 0.334. The van der Waals surface area contributed by atoms with Crippen LogP contribution in [0.1, 0.15) is 39.4 Å². The van der Waals surface area contributed by atoms with Crippen LogP contribution in [0.25, 0.3) is 10.6 Å². The SMILES string of the molecule is Cc1ccnc(Nc2cccc(-c3ccc(C(C)OCc4ccc(C(=O)O)cc4)s3)n2)c1. The molecule has 1 aromatic carbocycles. The Morgan fingerprint density at radius 3 is 2.66 bits per heavy atom. The molecule has 162 valence electrons. The number of aromatic nitrogens is 2. The van der Waals surface area contributed by atoms with Gasteiger partial charge >= 0.3 is 5.97 Å². The van der Waals surface area contributed by atoms with Gasteiger partial charge in [-0.3, -0.25) is 0 Å². The Morgan fingerprint density at radius 1 is 1.09 bits per heavy atom. The number of nitrogens with zero attached hydrogens (tertiary/aromatic N) is 2. The Kier molecular flexibility index (Phi) is 6.58. The molecule has 0 aliphatic heterocycles. The van der Waals surface area contributed by atoms with E-state index in [2.05, 4.69) is 22.4 Å². The summed E-state index contributed by atoms with van der Waals surface area (Å²) in [6, 6.07) is 20.7. The van der Waals surface area contributed by atoms with E-state index in [1.165, 1.54) is 0 Å². The third-order valence-corrected chi connectivity index (χ3v) is 6.17. The fourth-order valence-electron chi connectivity index (χ4n) is 3.13. The summed E-state index contributed by atoms with van der Waals surface area (Å²) < 4.78 is 6.00. The van der Waals surface area contributed by atoms with E-state index >= 15 is 0 Å². The number of pyridine rings is 2. The molecule has 7 heteroatoms. The number of carboxylic acids is 1. The molecule has 0 radical (unpaired) electrons. The van der Waals surface area contributed by atoms with Crippen molar-refractivity contribution in [1.29, 1.82) is 0 Å². The molecule has 0 spiro atoms. The third kappa shape index (κ3) is 5.38. The van der Waals surface area contributed by atoms with Gasteiger partial charge in [0, 0.05) is 11.1 Å². The number of thiophene rings is 1. The number of carboxylic acid groups (broad SMARTS) is 1. The topological polar surface area (TPSA) is 84.3 Å². The summed E-state index contributed by atoms with van der Waals surface area (Å²) in [5, 5.41) is 12.3. The molecule has 0 saturated carbocycles. The molecule has 4 rings (SSSR count). The summed E-state index contributed by atoms with van der Waals surface area (Å²) in [6.07, 6.45) is 1.68. The van der Waals surface area contributed by atoms with Crippen LogP contribution >= 0.6 is 11.3 Å². The highest BCUT2D eigenvalue weighted by Crippen LogP contribution is 2.33. The minimum atomic E-state index is -0.931. The summed E-state index contributed by atoms with van der Waals surface area (Å²) in [7, 11) is 0. The fraction of sp³-hybridized carbons (Fsp3) is 0.160. The predicted molar refractivity (Wildman–Crippen MR) is 126 cm³/mol. The number of anilines is 2. The van der Waals surface area contributed by atoms with Crippen LogP contribution in [0.3, 0.4) is 0 Å². The number of ether oxygens (including phenoxy) is 1. The number of hydrogen-bond donors (Lipinski definition) is 2. The molecule has 0 aliphatic carbocycles. The lowest BCUT2D eigenvalue weighted by molar-refractivity contribution is 0.0548. The molecule has 1 unspecified atom stereocenters. The molecular formula is C25H23N3O3S. The number of rotatable bonds is 8. The maximum absolute atomic E-state index is 11.0. The number of carbonyl (C=O) groups is 1. The predicted octanol–water partition coefficient (Wildman–Crippen LogP) is 6.23. The summed E-state index contributed by atoms with van der Waals surface area (Å²) in [5.74, 6) is 0.574. The standard InChI is InChI=1S/C25H23N3O3S/c1-16-12-13-26-24(14-16)28-23-5-3-4-20(27-23)22-11-10-21(32-22)17(2)31-15-18-6-8-19(9-7-18)25(29)30/h3-14,17H,15H2,1-2H3,(H,29,30)(H,26,27,28). The molecular weight excluding hydrogens is 422 g/mol. The van der Waals surface area contributed by atoms with Gasteiger partial charge in [-0.25, -0.2) is 14.8 Å². The Bertz CT molecular complexity index is 1220. The summed E-state index contributed by atoms with van der Waals surface area (Å²) >= 11 is 1.64. The molecule has 0 amide bonds. The maximum Gasteiger partial charge on any atom is 0.335 e. The molecule has 0 aliphatic rings. The molecule has 0 saturated heterocycles. The van der Waals surface area contributed by atoms with E-state index in [-0.39, 0.29) is 11.7 Å². The second-order valence-corrected chi connectivity index (χ2v) is 8.52. The first-order chi connectivity index (χ1) is 15.5. The number of aryl methyl sites for hydroxylation is 1. The second-order valence-electron chi connectivity index (χ2n) is 7.41. The Balaban J connectivity index is 1.41. The van der Waals surface area contributed by atoms with Crippen LogP contribution in [0.15, 0.2) is 72.9 Å². The van der Waals surface area contributed by atoms with E-state index in [1.807, 2.05) is 44.2 Å². The van der Waals surface area contributed by atoms with E-state index in [0.29, 0.717) is 6.61 Å². The number of benzene rings is 1. The highest BCUT2D eigenvalue weighted by molar-refractivity contribution is 7.15. The van der Waals surface area contributed by atoms with Gasteiger partial charge in [0.05, 0.1) is 28.8 Å². The van der Waals surface area contributed by atoms with Crippen molar-refractivity contribution in [2.24, 2.45) is 0 Å². The highest BCUT2D eigenvalue weighted by Gasteiger charge is 2.12. The van der Waals surface area contributed by atoms with Crippen LogP contribution in [0.4, 0.5) is 11.6 Å². The molecule has 32 heavy (non-hydrogen) atoms. The highest BCUT2D eigenvalue weighted by atomic mass is 32.1. The summed E-state index contributed by atoms with van der Waals surface area (Å²) in [5.41, 5.74) is 3.22. The summed E-state index contributed by atoms with van der Waals surface area (Å²) in [4.78, 5) is 22.2. The minimum Gasteiger partial charge on any atom is -0.478 e. The van der Waals surface area contributed by atoms with Crippen molar-refractivity contribution in [3.05, 3.63) is 94.5 Å². The van der Waals surface area contributed by atoms with Gasteiger partial charge in [-0.05, 0) is 73.5 Å². The molecule has 2 N–H and O–H groups in total. The van der Waals surface area contributed by atoms with E-state index in [9.17, 15) is 4.79 Å². The molecule has 3 heterocycles. The van der Waals surface area contributed by atoms with E-state index < -0.39 is 5.97 Å². The first kappa shape index (κ1) is 21.7. The Labute approximate surface area is 190 Å². The Morgan fingerprint density at radius 2 is 1.91 bits per heavy atom. The smallest absolute Gasteiger partial charge is 0.335 e. The van der Waals surface area contributed by atoms with Crippen LogP contribution in [-0.2, 0) is 11.3 Å². The van der Waals surface area contributed by atoms with Crippen LogP contribution in [-0.4, -0.2) is 21.0 Å². The lowest BCUT2D eigenvalue weighted by Crippen LogP contribution is -2.00. The number of hydrogen-bond acceptors (Lipinski definition) is 6. The average Bonchev–Trinajstić information content (AvgIpc) is 3.28. The molecule has 1 atom stereocenters. The molecule has 0 bridgehead atoms. The van der Waals surface area contributed by atoms with Crippen molar-refractivity contribution < 1.29 is 14.6 Å². The fourth-order valence-corrected chi connectivity index (χ4v) is 4.11. The zero-order valence-corrected chi connectivity index (χ0v) is 18.6. The third-order valence-electron chi connectivity index (χ3n) is 4.90. The van der Waals surface area contributed by atoms with Crippen molar-refractivity contribution in [2.75, 3.05) is 5.32 Å². The number of nitrogens with one attached hydrogen (secondary N) is 1. The first-order valence-electron chi connectivity index (χ1n) is 10.2. The van der Waals surface area contributed by atoms with Gasteiger partial charge in [-0.1, -0.05) is 18.2 Å². The van der Waals surface area contributed by atoms with Gasteiger partial charge in [0.15, 0.2) is 0 Å². The maximum atomic E-state index is 11.0. The largest absolute Gasteiger partial charge is 0.478 e. The van der Waals surface area contributed by atoms with Crippen molar-refractivity contribution in [3.8, 4) is 10.6 Å². The lowest BCUT2D eigenvalue weighted by atomic mass is 10.1. The van der Waals surface area contributed by atoms with Gasteiger partial charge in [0.25, 0.3) is 0 Å². The molecule has 4 aromatic rings. The van der Waals surface area contributed by atoms with E-state index in [1.54, 1.807) is 41.8 Å². The van der Waals surface area contributed by atoms with Gasteiger partial charge in [0.2, 0.25) is 0 Å². The van der Waals surface area contributed by atoms with Crippen LogP contribution in [0, 0.1) is 6.92 Å². The van der Waals surface area contributed by atoms with E-state index in [0.717, 1.165) is 38.2 Å². The van der Waals surface area contributed by atoms with Crippen molar-refractivity contribution >= 4 is 28.9 Å². The van der Waals surface area contributed by atoms with Gasteiger partial charge in [-0.15, -0.1) is 11.3 Å². The Hall–Kier alpha value is -3.55. The first-order valence-corrected chi connectivity index (χ1v) is 11.0. The lowest BCUT2D eigenvalue weighted by Gasteiger charge is -2.11. The van der Waals surface area contributed by atoms with Crippen LogP contribution < -0.4 is 5.32 Å². The van der Waals surface area contributed by atoms with Gasteiger partial charge in [0.1, 0.15) is 11.6 Å². The van der Waals surface area contributed by atoms with Crippen molar-refractivity contribution in [2.45, 2.75) is 26.6 Å². The molecule has 0 fully saturated rings. The van der Waals surface area contributed by atoms with Crippen molar-refractivity contribution in [3.63, 3.8) is 0 Å². The molecule has 6 nitrogen and oxygen atoms in total. The number of aromatic carboxylic acids is 1. The summed E-state index contributed by atoms with van der Waals surface area (Å²) in [6.45, 7) is 4.45. The average molecular weight is 446 g/mol. The minimum absolute atomic E-state index is 0.0919. The van der Waals surface area contributed by atoms with Crippen LogP contribution in [0.2, 0.25) is 0 Å². The van der Waals surface area contributed by atoms with Gasteiger partial charge < -0.3 is 15.2 Å². The second kappa shape index (κ2) is 9.72.